The van der Waals surface area contributed by atoms with E-state index in [-0.39, 0.29) is 11.4 Å². The van der Waals surface area contributed by atoms with Crippen molar-refractivity contribution in [2.24, 2.45) is 0 Å². The fraction of sp³-hybridized carbons (Fsp3) is 0.444. The predicted molar refractivity (Wildman–Crippen MR) is 75.1 cm³/mol. The van der Waals surface area contributed by atoms with Gasteiger partial charge in [0, 0.05) is 10.9 Å². The van der Waals surface area contributed by atoms with Gasteiger partial charge in [-0.3, -0.25) is 4.79 Å². The summed E-state index contributed by atoms with van der Waals surface area (Å²) in [6.45, 7) is 3.93. The molecule has 15 heavy (non-hydrogen) atoms. The smallest absolute Gasteiger partial charge is 0.253 e. The molecule has 0 saturated carbocycles. The summed E-state index contributed by atoms with van der Waals surface area (Å²) in [7, 11) is 0. The Balaban J connectivity index is 2.82. The Morgan fingerprint density at radius 2 is 2.13 bits per heavy atom. The maximum Gasteiger partial charge on any atom is 0.253 e. The maximum absolute atomic E-state index is 11.9. The number of thiophene rings is 1. The molecule has 84 valence electrons. The third-order valence-corrected chi connectivity index (χ3v) is 5.43. The minimum Gasteiger partial charge on any atom is -0.346 e. The van der Waals surface area contributed by atoms with Crippen LogP contribution in [0.1, 0.15) is 24.2 Å². The second-order valence-corrected chi connectivity index (χ2v) is 8.02. The Morgan fingerprint density at radius 3 is 2.53 bits per heavy atom. The van der Waals surface area contributed by atoms with Gasteiger partial charge in [-0.15, -0.1) is 11.3 Å². The van der Waals surface area contributed by atoms with E-state index in [0.717, 1.165) is 7.57 Å². The lowest BCUT2D eigenvalue weighted by Gasteiger charge is -2.23. The largest absolute Gasteiger partial charge is 0.346 e. The molecular weight excluding hydrogens is 410 g/mol. The lowest BCUT2D eigenvalue weighted by atomic mass is 10.1. The highest BCUT2D eigenvalue weighted by molar-refractivity contribution is 9.12. The SMILES string of the molecule is CC(C)(CBr)NC(=O)c1cc(Br)sc1Br. The van der Waals surface area contributed by atoms with Gasteiger partial charge in [0.05, 0.1) is 13.1 Å². The van der Waals surface area contributed by atoms with Gasteiger partial charge >= 0.3 is 0 Å². The molecule has 6 heteroatoms. The monoisotopic (exact) mass is 417 g/mol. The number of nitrogens with one attached hydrogen (secondary N) is 1. The van der Waals surface area contributed by atoms with E-state index >= 15 is 0 Å². The molecule has 0 aromatic carbocycles. The summed E-state index contributed by atoms with van der Waals surface area (Å²) in [6, 6.07) is 1.81. The molecule has 1 aromatic rings. The molecule has 1 amide bonds. The van der Waals surface area contributed by atoms with E-state index < -0.39 is 0 Å². The summed E-state index contributed by atoms with van der Waals surface area (Å²) in [4.78, 5) is 11.9. The Bertz CT molecular complexity index is 375. The molecule has 0 saturated heterocycles. The van der Waals surface area contributed by atoms with E-state index in [1.165, 1.54) is 11.3 Å². The van der Waals surface area contributed by atoms with Crippen LogP contribution in [0.3, 0.4) is 0 Å². The zero-order valence-electron chi connectivity index (χ0n) is 8.23. The topological polar surface area (TPSA) is 29.1 Å². The second kappa shape index (κ2) is 5.29. The highest BCUT2D eigenvalue weighted by Crippen LogP contribution is 2.32. The molecule has 0 unspecified atom stereocenters. The zero-order valence-corrected chi connectivity index (χ0v) is 13.8. The molecule has 1 aromatic heterocycles. The minimum absolute atomic E-state index is 0.0618. The first-order chi connectivity index (χ1) is 6.85. The third-order valence-electron chi connectivity index (χ3n) is 1.69. The minimum atomic E-state index is -0.245. The average molecular weight is 420 g/mol. The highest BCUT2D eigenvalue weighted by atomic mass is 79.9. The number of rotatable bonds is 3. The molecule has 0 bridgehead atoms. The quantitative estimate of drug-likeness (QED) is 0.732. The van der Waals surface area contributed by atoms with Crippen molar-refractivity contribution in [2.75, 3.05) is 5.33 Å². The van der Waals surface area contributed by atoms with Crippen molar-refractivity contribution < 1.29 is 4.79 Å². The molecule has 1 heterocycles. The van der Waals surface area contributed by atoms with Crippen LogP contribution in [-0.4, -0.2) is 16.8 Å². The van der Waals surface area contributed by atoms with E-state index in [4.69, 9.17) is 0 Å². The van der Waals surface area contributed by atoms with Gasteiger partial charge in [-0.2, -0.15) is 0 Å². The summed E-state index contributed by atoms with van der Waals surface area (Å²) < 4.78 is 1.79. The van der Waals surface area contributed by atoms with E-state index in [0.29, 0.717) is 10.9 Å². The number of amides is 1. The van der Waals surface area contributed by atoms with Crippen LogP contribution in [-0.2, 0) is 0 Å². The first-order valence-electron chi connectivity index (χ1n) is 4.19. The first-order valence-corrected chi connectivity index (χ1v) is 7.71. The molecule has 0 spiro atoms. The molecule has 2 nitrogen and oxygen atoms in total. The van der Waals surface area contributed by atoms with Crippen LogP contribution in [0.4, 0.5) is 0 Å². The van der Waals surface area contributed by atoms with Gasteiger partial charge in [0.25, 0.3) is 5.91 Å². The van der Waals surface area contributed by atoms with Crippen LogP contribution >= 0.6 is 59.1 Å². The number of hydrogen-bond acceptors (Lipinski definition) is 2. The van der Waals surface area contributed by atoms with Crippen molar-refractivity contribution in [1.29, 1.82) is 0 Å². The van der Waals surface area contributed by atoms with Crippen LogP contribution in [0.5, 0.6) is 0 Å². The molecule has 1 rings (SSSR count). The summed E-state index contributed by atoms with van der Waals surface area (Å²) in [5, 5.41) is 3.66. The summed E-state index contributed by atoms with van der Waals surface area (Å²) >= 11 is 11.6. The first kappa shape index (κ1) is 13.7. The van der Waals surface area contributed by atoms with Crippen LogP contribution in [0, 0.1) is 0 Å². The Hall–Kier alpha value is 0.610. The van der Waals surface area contributed by atoms with Crippen molar-refractivity contribution >= 4 is 65.0 Å². The second-order valence-electron chi connectivity index (χ2n) is 3.71. The maximum atomic E-state index is 11.9. The van der Waals surface area contributed by atoms with Crippen molar-refractivity contribution in [1.82, 2.24) is 5.32 Å². The number of hydrogen-bond donors (Lipinski definition) is 1. The molecule has 0 aliphatic heterocycles. The van der Waals surface area contributed by atoms with E-state index in [1.54, 1.807) is 0 Å². The normalized spacial score (nSPS) is 11.5. The number of halogens is 3. The molecular formula is C9H10Br3NOS. The average Bonchev–Trinajstić information content (AvgIpc) is 2.45. The molecule has 0 fully saturated rings. The lowest BCUT2D eigenvalue weighted by Crippen LogP contribution is -2.44. The predicted octanol–water partition coefficient (Wildman–Crippen LogP) is 4.18. The summed E-state index contributed by atoms with van der Waals surface area (Å²) in [5.74, 6) is -0.0618. The highest BCUT2D eigenvalue weighted by Gasteiger charge is 2.22. The Morgan fingerprint density at radius 1 is 1.53 bits per heavy atom. The van der Waals surface area contributed by atoms with Gasteiger partial charge in [-0.1, -0.05) is 15.9 Å². The molecule has 0 atom stereocenters. The van der Waals surface area contributed by atoms with Crippen molar-refractivity contribution in [3.63, 3.8) is 0 Å². The van der Waals surface area contributed by atoms with Crippen molar-refractivity contribution in [3.8, 4) is 0 Å². The van der Waals surface area contributed by atoms with E-state index in [2.05, 4.69) is 53.1 Å². The van der Waals surface area contributed by atoms with Gasteiger partial charge in [-0.05, 0) is 51.8 Å². The number of carbonyl (C=O) groups excluding carboxylic acids is 1. The van der Waals surface area contributed by atoms with Crippen molar-refractivity contribution in [2.45, 2.75) is 19.4 Å². The van der Waals surface area contributed by atoms with Crippen molar-refractivity contribution in [3.05, 3.63) is 19.2 Å². The van der Waals surface area contributed by atoms with Crippen LogP contribution in [0.25, 0.3) is 0 Å². The van der Waals surface area contributed by atoms with Gasteiger partial charge in [0.15, 0.2) is 0 Å². The van der Waals surface area contributed by atoms with Crippen LogP contribution < -0.4 is 5.32 Å². The molecule has 1 N–H and O–H groups in total. The van der Waals surface area contributed by atoms with Crippen LogP contribution in [0.15, 0.2) is 13.6 Å². The van der Waals surface area contributed by atoms with E-state index in [1.807, 2.05) is 19.9 Å². The molecule has 0 aliphatic carbocycles. The fourth-order valence-electron chi connectivity index (χ4n) is 0.903. The zero-order chi connectivity index (χ0) is 11.6. The van der Waals surface area contributed by atoms with E-state index in [9.17, 15) is 4.79 Å². The third kappa shape index (κ3) is 3.84. The standard InChI is InChI=1S/C9H10Br3NOS/c1-9(2,4-10)13-8(14)5-3-6(11)15-7(5)12/h3H,4H2,1-2H3,(H,13,14). The molecule has 0 radical (unpaired) electrons. The van der Waals surface area contributed by atoms with Crippen LogP contribution in [0.2, 0.25) is 0 Å². The summed E-state index contributed by atoms with van der Waals surface area (Å²) in [5.41, 5.74) is 0.422. The number of carbonyl (C=O) groups is 1. The van der Waals surface area contributed by atoms with Gasteiger partial charge in [-0.25, -0.2) is 0 Å². The Labute approximate surface area is 118 Å². The Kier molecular flexibility index (Phi) is 4.83. The van der Waals surface area contributed by atoms with Gasteiger partial charge in [0.2, 0.25) is 0 Å². The molecule has 0 aliphatic rings. The van der Waals surface area contributed by atoms with Gasteiger partial charge in [0.1, 0.15) is 0 Å². The summed E-state index contributed by atoms with van der Waals surface area (Å²) in [6.07, 6.45) is 0. The van der Waals surface area contributed by atoms with Gasteiger partial charge < -0.3 is 5.32 Å². The lowest BCUT2D eigenvalue weighted by molar-refractivity contribution is 0.0921. The fourth-order valence-corrected chi connectivity index (χ4v) is 3.84. The number of alkyl halides is 1.